The molecule has 0 unspecified atom stereocenters. The number of carbonyl (C=O) groups excluding carboxylic acids is 1. The molecule has 0 saturated carbocycles. The Morgan fingerprint density at radius 1 is 1.14 bits per heavy atom. The van der Waals surface area contributed by atoms with Crippen molar-refractivity contribution in [1.29, 1.82) is 0 Å². The van der Waals surface area contributed by atoms with Crippen LogP contribution in [0.3, 0.4) is 0 Å². The fourth-order valence-corrected chi connectivity index (χ4v) is 2.62. The number of carbonyl (C=O) groups is 1. The van der Waals surface area contributed by atoms with Gasteiger partial charge < -0.3 is 10.6 Å². The van der Waals surface area contributed by atoms with Gasteiger partial charge in [0.15, 0.2) is 0 Å². The van der Waals surface area contributed by atoms with E-state index in [9.17, 15) is 4.79 Å². The lowest BCUT2D eigenvalue weighted by molar-refractivity contribution is 0.0951. The Hall–Kier alpha value is -2.29. The van der Waals surface area contributed by atoms with E-state index in [0.29, 0.717) is 6.54 Å². The van der Waals surface area contributed by atoms with Crippen molar-refractivity contribution < 1.29 is 4.79 Å². The normalized spacial score (nSPS) is 12.6. The van der Waals surface area contributed by atoms with Gasteiger partial charge in [0.2, 0.25) is 0 Å². The smallest absolute Gasteiger partial charge is 0.251 e. The van der Waals surface area contributed by atoms with E-state index >= 15 is 0 Å². The van der Waals surface area contributed by atoms with Gasteiger partial charge in [-0.05, 0) is 47.7 Å². The quantitative estimate of drug-likeness (QED) is 0.903. The largest absolute Gasteiger partial charge is 0.384 e. The Balaban J connectivity index is 1.63. The molecule has 0 aromatic heterocycles. The molecule has 0 fully saturated rings. The number of rotatable bonds is 4. The molecule has 2 aromatic carbocycles. The third-order valence-corrected chi connectivity index (χ3v) is 3.96. The van der Waals surface area contributed by atoms with Crippen LogP contribution in [0.4, 0.5) is 5.69 Å². The van der Waals surface area contributed by atoms with E-state index in [2.05, 4.69) is 41.8 Å². The SMILES string of the molecule is CCc1ccc(CNC(=O)c2ccc3c(c2)CCN3)cc1. The molecule has 3 rings (SSSR count). The van der Waals surface area contributed by atoms with Crippen molar-refractivity contribution in [3.05, 3.63) is 64.7 Å². The lowest BCUT2D eigenvalue weighted by Crippen LogP contribution is -2.22. The summed E-state index contributed by atoms with van der Waals surface area (Å²) in [6.07, 6.45) is 2.03. The van der Waals surface area contributed by atoms with Crippen LogP contribution in [0.25, 0.3) is 0 Å². The molecule has 2 aromatic rings. The molecular weight excluding hydrogens is 260 g/mol. The van der Waals surface area contributed by atoms with E-state index in [1.807, 2.05) is 18.2 Å². The number of nitrogens with one attached hydrogen (secondary N) is 2. The molecule has 3 nitrogen and oxygen atoms in total. The van der Waals surface area contributed by atoms with Crippen LogP contribution in [-0.2, 0) is 19.4 Å². The molecule has 1 heterocycles. The molecule has 21 heavy (non-hydrogen) atoms. The Kier molecular flexibility index (Phi) is 3.91. The van der Waals surface area contributed by atoms with Gasteiger partial charge in [-0.2, -0.15) is 0 Å². The zero-order chi connectivity index (χ0) is 14.7. The molecule has 1 aliphatic heterocycles. The standard InChI is InChI=1S/C18H20N2O/c1-2-13-3-5-14(6-4-13)12-20-18(21)16-7-8-17-15(11-16)9-10-19-17/h3-8,11,19H,2,9-10,12H2,1H3,(H,20,21). The fourth-order valence-electron chi connectivity index (χ4n) is 2.62. The molecule has 108 valence electrons. The average molecular weight is 280 g/mol. The van der Waals surface area contributed by atoms with Crippen molar-refractivity contribution in [2.45, 2.75) is 26.3 Å². The van der Waals surface area contributed by atoms with Gasteiger partial charge in [-0.3, -0.25) is 4.79 Å². The fraction of sp³-hybridized carbons (Fsp3) is 0.278. The van der Waals surface area contributed by atoms with Gasteiger partial charge in [-0.25, -0.2) is 0 Å². The number of amides is 1. The van der Waals surface area contributed by atoms with Gasteiger partial charge in [0, 0.05) is 24.3 Å². The molecule has 1 aliphatic rings. The molecule has 0 bridgehead atoms. The number of hydrogen-bond acceptors (Lipinski definition) is 2. The van der Waals surface area contributed by atoms with Crippen molar-refractivity contribution in [2.75, 3.05) is 11.9 Å². The first-order chi connectivity index (χ1) is 10.3. The Bertz CT molecular complexity index is 647. The molecule has 0 aliphatic carbocycles. The molecule has 1 amide bonds. The highest BCUT2D eigenvalue weighted by molar-refractivity contribution is 5.95. The monoisotopic (exact) mass is 280 g/mol. The summed E-state index contributed by atoms with van der Waals surface area (Å²) >= 11 is 0. The summed E-state index contributed by atoms with van der Waals surface area (Å²) in [7, 11) is 0. The second kappa shape index (κ2) is 6.00. The van der Waals surface area contributed by atoms with Gasteiger partial charge >= 0.3 is 0 Å². The van der Waals surface area contributed by atoms with Crippen LogP contribution in [0.5, 0.6) is 0 Å². The summed E-state index contributed by atoms with van der Waals surface area (Å²) in [4.78, 5) is 12.2. The van der Waals surface area contributed by atoms with Gasteiger partial charge in [0.1, 0.15) is 0 Å². The zero-order valence-corrected chi connectivity index (χ0v) is 12.3. The summed E-state index contributed by atoms with van der Waals surface area (Å²) in [6, 6.07) is 14.2. The van der Waals surface area contributed by atoms with E-state index in [-0.39, 0.29) is 5.91 Å². The van der Waals surface area contributed by atoms with Gasteiger partial charge in [0.25, 0.3) is 5.91 Å². The van der Waals surface area contributed by atoms with Crippen molar-refractivity contribution in [1.82, 2.24) is 5.32 Å². The van der Waals surface area contributed by atoms with Crippen molar-refractivity contribution in [2.24, 2.45) is 0 Å². The first-order valence-electron chi connectivity index (χ1n) is 7.49. The Labute approximate surface area is 125 Å². The molecule has 3 heteroatoms. The summed E-state index contributed by atoms with van der Waals surface area (Å²) < 4.78 is 0. The lowest BCUT2D eigenvalue weighted by atomic mass is 10.1. The molecule has 0 radical (unpaired) electrons. The average Bonchev–Trinajstić information content (AvgIpc) is 3.00. The third kappa shape index (κ3) is 3.07. The van der Waals surface area contributed by atoms with E-state index < -0.39 is 0 Å². The maximum Gasteiger partial charge on any atom is 0.251 e. The number of benzene rings is 2. The molecular formula is C18H20N2O. The van der Waals surface area contributed by atoms with Gasteiger partial charge in [0.05, 0.1) is 0 Å². The maximum atomic E-state index is 12.2. The minimum atomic E-state index is -0.00994. The van der Waals surface area contributed by atoms with E-state index in [1.54, 1.807) is 0 Å². The maximum absolute atomic E-state index is 12.2. The minimum absolute atomic E-state index is 0.00994. The highest BCUT2D eigenvalue weighted by Crippen LogP contribution is 2.22. The zero-order valence-electron chi connectivity index (χ0n) is 12.3. The van der Waals surface area contributed by atoms with Crippen LogP contribution in [-0.4, -0.2) is 12.5 Å². The number of hydrogen-bond donors (Lipinski definition) is 2. The van der Waals surface area contributed by atoms with Crippen molar-refractivity contribution in [3.63, 3.8) is 0 Å². The van der Waals surface area contributed by atoms with Crippen molar-refractivity contribution in [3.8, 4) is 0 Å². The highest BCUT2D eigenvalue weighted by atomic mass is 16.1. The van der Waals surface area contributed by atoms with Crippen LogP contribution < -0.4 is 10.6 Å². The summed E-state index contributed by atoms with van der Waals surface area (Å²) in [5.74, 6) is -0.00994. The van der Waals surface area contributed by atoms with Crippen LogP contribution in [0.15, 0.2) is 42.5 Å². The topological polar surface area (TPSA) is 41.1 Å². The second-order valence-electron chi connectivity index (χ2n) is 5.40. The van der Waals surface area contributed by atoms with Gasteiger partial charge in [-0.15, -0.1) is 0 Å². The molecule has 0 saturated heterocycles. The number of fused-ring (bicyclic) bond motifs is 1. The summed E-state index contributed by atoms with van der Waals surface area (Å²) in [5.41, 5.74) is 5.57. The van der Waals surface area contributed by atoms with E-state index in [4.69, 9.17) is 0 Å². The Morgan fingerprint density at radius 2 is 1.90 bits per heavy atom. The van der Waals surface area contributed by atoms with Crippen molar-refractivity contribution >= 4 is 11.6 Å². The van der Waals surface area contributed by atoms with Gasteiger partial charge in [-0.1, -0.05) is 31.2 Å². The molecule has 0 spiro atoms. The van der Waals surface area contributed by atoms with E-state index in [1.165, 1.54) is 11.1 Å². The predicted molar refractivity (Wildman–Crippen MR) is 85.6 cm³/mol. The van der Waals surface area contributed by atoms with Crippen LogP contribution in [0.2, 0.25) is 0 Å². The molecule has 2 N–H and O–H groups in total. The first-order valence-corrected chi connectivity index (χ1v) is 7.49. The Morgan fingerprint density at radius 3 is 2.67 bits per heavy atom. The van der Waals surface area contributed by atoms with Crippen LogP contribution in [0.1, 0.15) is 34.0 Å². The summed E-state index contributed by atoms with van der Waals surface area (Å²) in [6.45, 7) is 3.67. The summed E-state index contributed by atoms with van der Waals surface area (Å²) in [5, 5.41) is 6.29. The molecule has 0 atom stereocenters. The lowest BCUT2D eigenvalue weighted by Gasteiger charge is -2.07. The van der Waals surface area contributed by atoms with E-state index in [0.717, 1.165) is 36.2 Å². The highest BCUT2D eigenvalue weighted by Gasteiger charge is 2.13. The number of anilines is 1. The predicted octanol–water partition coefficient (Wildman–Crippen LogP) is 3.15. The minimum Gasteiger partial charge on any atom is -0.384 e. The van der Waals surface area contributed by atoms with Crippen LogP contribution in [0, 0.1) is 0 Å². The second-order valence-corrected chi connectivity index (χ2v) is 5.40. The van der Waals surface area contributed by atoms with Crippen LogP contribution >= 0.6 is 0 Å². The first kappa shape index (κ1) is 13.7. The number of aryl methyl sites for hydroxylation is 1. The third-order valence-electron chi connectivity index (χ3n) is 3.96.